The Morgan fingerprint density at radius 3 is 2.52 bits per heavy atom. The third-order valence-corrected chi connectivity index (χ3v) is 4.89. The molecule has 0 unspecified atom stereocenters. The van der Waals surface area contributed by atoms with Gasteiger partial charge >= 0.3 is 0 Å². The molecular weight excluding hydrogens is 330 g/mol. The quantitative estimate of drug-likeness (QED) is 0.448. The van der Waals surface area contributed by atoms with Crippen LogP contribution in [0, 0.1) is 5.92 Å². The number of nitrogens with one attached hydrogen (secondary N) is 2. The van der Waals surface area contributed by atoms with Crippen molar-refractivity contribution in [2.45, 2.75) is 25.7 Å². The highest BCUT2D eigenvalue weighted by Gasteiger charge is 2.09. The van der Waals surface area contributed by atoms with E-state index in [1.54, 1.807) is 43.5 Å². The van der Waals surface area contributed by atoms with Crippen LogP contribution in [-0.2, 0) is 9.84 Å². The molecule has 2 N–H and O–H groups in total. The number of hydrogen-bond acceptors (Lipinski definition) is 4. The highest BCUT2D eigenvalue weighted by molar-refractivity contribution is 7.91. The average Bonchev–Trinajstić information content (AvgIpc) is 2.53. The van der Waals surface area contributed by atoms with Gasteiger partial charge in [0.05, 0.1) is 10.6 Å². The molecule has 0 aliphatic rings. The molecule has 0 heterocycles. The van der Waals surface area contributed by atoms with E-state index >= 15 is 0 Å². The number of benzene rings is 1. The van der Waals surface area contributed by atoms with Crippen LogP contribution in [0.5, 0.6) is 0 Å². The van der Waals surface area contributed by atoms with Crippen LogP contribution in [0.1, 0.15) is 26.3 Å². The van der Waals surface area contributed by atoms with Gasteiger partial charge in [0.1, 0.15) is 0 Å². The van der Waals surface area contributed by atoms with Crippen molar-refractivity contribution in [2.24, 2.45) is 11.0 Å². The van der Waals surface area contributed by atoms with Crippen LogP contribution in [0.4, 0.5) is 0 Å². The molecule has 1 rings (SSSR count). The topological polar surface area (TPSA) is 70.6 Å². The van der Waals surface area contributed by atoms with Gasteiger partial charge in [0.2, 0.25) is 0 Å². The zero-order valence-electron chi connectivity index (χ0n) is 13.6. The van der Waals surface area contributed by atoms with Crippen LogP contribution in [-0.4, -0.2) is 32.0 Å². The number of hydrogen-bond donors (Lipinski definition) is 2. The SMILES string of the molecule is CCS(=O)(=O)c1ccc(/C=C\C=N\NC(=S)NCC(C)C)cc1. The summed E-state index contributed by atoms with van der Waals surface area (Å²) >= 11 is 5.06. The monoisotopic (exact) mass is 353 g/mol. The number of nitrogens with zero attached hydrogens (tertiary/aromatic N) is 1. The van der Waals surface area contributed by atoms with E-state index in [2.05, 4.69) is 29.7 Å². The second-order valence-corrected chi connectivity index (χ2v) is 8.01. The largest absolute Gasteiger partial charge is 0.361 e. The molecule has 0 spiro atoms. The zero-order valence-corrected chi connectivity index (χ0v) is 15.2. The van der Waals surface area contributed by atoms with Gasteiger partial charge < -0.3 is 5.32 Å². The van der Waals surface area contributed by atoms with E-state index in [0.29, 0.717) is 15.9 Å². The molecule has 0 fully saturated rings. The predicted octanol–water partition coefficient (Wildman–Crippen LogP) is 2.60. The Hall–Kier alpha value is -1.73. The van der Waals surface area contributed by atoms with Gasteiger partial charge in [-0.2, -0.15) is 5.10 Å². The number of allylic oxidation sites excluding steroid dienone is 1. The Morgan fingerprint density at radius 2 is 1.96 bits per heavy atom. The fraction of sp³-hybridized carbons (Fsp3) is 0.375. The summed E-state index contributed by atoms with van der Waals surface area (Å²) in [6, 6.07) is 6.74. The molecule has 1 aromatic carbocycles. The maximum Gasteiger partial charge on any atom is 0.186 e. The molecule has 0 aliphatic carbocycles. The van der Waals surface area contributed by atoms with Crippen molar-refractivity contribution in [3.63, 3.8) is 0 Å². The summed E-state index contributed by atoms with van der Waals surface area (Å²) in [6.45, 7) is 6.62. The molecule has 0 aliphatic heterocycles. The van der Waals surface area contributed by atoms with Crippen LogP contribution < -0.4 is 10.7 Å². The summed E-state index contributed by atoms with van der Waals surface area (Å²) in [5.74, 6) is 0.615. The average molecular weight is 354 g/mol. The molecule has 0 amide bonds. The van der Waals surface area contributed by atoms with E-state index < -0.39 is 9.84 Å². The molecule has 0 bridgehead atoms. The molecule has 0 atom stereocenters. The first-order chi connectivity index (χ1) is 10.8. The number of rotatable bonds is 7. The summed E-state index contributed by atoms with van der Waals surface area (Å²) in [5, 5.41) is 7.50. The molecule has 7 heteroatoms. The lowest BCUT2D eigenvalue weighted by molar-refractivity contribution is 0.597. The first kappa shape index (κ1) is 19.3. The minimum Gasteiger partial charge on any atom is -0.361 e. The summed E-state index contributed by atoms with van der Waals surface area (Å²) in [5.41, 5.74) is 3.62. The molecule has 126 valence electrons. The summed E-state index contributed by atoms with van der Waals surface area (Å²) < 4.78 is 23.4. The first-order valence-corrected chi connectivity index (χ1v) is 9.47. The highest BCUT2D eigenvalue weighted by atomic mass is 32.2. The highest BCUT2D eigenvalue weighted by Crippen LogP contribution is 2.12. The van der Waals surface area contributed by atoms with Crippen LogP contribution in [0.25, 0.3) is 6.08 Å². The lowest BCUT2D eigenvalue weighted by atomic mass is 10.2. The Labute approximate surface area is 143 Å². The van der Waals surface area contributed by atoms with Crippen LogP contribution >= 0.6 is 12.2 Å². The molecule has 1 aromatic rings. The van der Waals surface area contributed by atoms with Gasteiger partial charge in [-0.15, -0.1) is 0 Å². The summed E-state index contributed by atoms with van der Waals surface area (Å²) in [4.78, 5) is 0.342. The van der Waals surface area contributed by atoms with E-state index in [1.165, 1.54) is 0 Å². The molecule has 5 nitrogen and oxygen atoms in total. The Balaban J connectivity index is 2.49. The van der Waals surface area contributed by atoms with Gasteiger partial charge in [0, 0.05) is 12.8 Å². The first-order valence-electron chi connectivity index (χ1n) is 7.41. The van der Waals surface area contributed by atoms with Gasteiger partial charge in [-0.25, -0.2) is 8.42 Å². The Morgan fingerprint density at radius 1 is 1.30 bits per heavy atom. The summed E-state index contributed by atoms with van der Waals surface area (Å²) in [7, 11) is -3.15. The van der Waals surface area contributed by atoms with Gasteiger partial charge in [-0.3, -0.25) is 5.43 Å². The van der Waals surface area contributed by atoms with Gasteiger partial charge in [0.25, 0.3) is 0 Å². The normalized spacial score (nSPS) is 12.2. The third kappa shape index (κ3) is 7.38. The Bertz CT molecular complexity index is 663. The molecule has 0 saturated heterocycles. The molecule has 0 radical (unpaired) electrons. The van der Waals surface area contributed by atoms with E-state index in [1.807, 2.05) is 6.08 Å². The fourth-order valence-corrected chi connectivity index (χ4v) is 2.60. The van der Waals surface area contributed by atoms with Crippen molar-refractivity contribution >= 4 is 39.5 Å². The Kier molecular flexibility index (Phi) is 7.91. The van der Waals surface area contributed by atoms with Crippen molar-refractivity contribution < 1.29 is 8.42 Å². The smallest absolute Gasteiger partial charge is 0.186 e. The van der Waals surface area contributed by atoms with E-state index in [4.69, 9.17) is 12.2 Å². The van der Waals surface area contributed by atoms with Crippen molar-refractivity contribution in [2.75, 3.05) is 12.3 Å². The standard InChI is InChI=1S/C16H23N3O2S2/c1-4-23(20,21)15-9-7-14(8-10-15)6-5-11-18-19-16(22)17-12-13(2)3/h5-11,13H,4,12H2,1-3H3,(H2,17,19,22)/b6-5-,18-11+. The van der Waals surface area contributed by atoms with Crippen LogP contribution in [0.2, 0.25) is 0 Å². The van der Waals surface area contributed by atoms with Crippen molar-refractivity contribution in [3.05, 3.63) is 35.9 Å². The van der Waals surface area contributed by atoms with Crippen LogP contribution in [0.15, 0.2) is 40.3 Å². The maximum atomic E-state index is 11.7. The fourth-order valence-electron chi connectivity index (χ4n) is 1.58. The number of sulfone groups is 1. The van der Waals surface area contributed by atoms with E-state index in [9.17, 15) is 8.42 Å². The lowest BCUT2D eigenvalue weighted by Gasteiger charge is -2.08. The second kappa shape index (κ2) is 9.42. The van der Waals surface area contributed by atoms with Crippen molar-refractivity contribution in [1.82, 2.24) is 10.7 Å². The molecular formula is C16H23N3O2S2. The van der Waals surface area contributed by atoms with E-state index in [-0.39, 0.29) is 5.75 Å². The minimum atomic E-state index is -3.15. The van der Waals surface area contributed by atoms with Crippen molar-refractivity contribution in [3.8, 4) is 0 Å². The summed E-state index contributed by atoms with van der Waals surface area (Å²) in [6.07, 6.45) is 5.17. The van der Waals surface area contributed by atoms with E-state index in [0.717, 1.165) is 12.1 Å². The van der Waals surface area contributed by atoms with Gasteiger partial charge in [-0.1, -0.05) is 39.0 Å². The number of hydrazone groups is 1. The van der Waals surface area contributed by atoms with Crippen molar-refractivity contribution in [1.29, 1.82) is 0 Å². The lowest BCUT2D eigenvalue weighted by Crippen LogP contribution is -2.34. The predicted molar refractivity (Wildman–Crippen MR) is 100 cm³/mol. The second-order valence-electron chi connectivity index (χ2n) is 5.33. The van der Waals surface area contributed by atoms with Gasteiger partial charge in [-0.05, 0) is 41.9 Å². The minimum absolute atomic E-state index is 0.102. The number of thiocarbonyl (C=S) groups is 1. The van der Waals surface area contributed by atoms with Gasteiger partial charge in [0.15, 0.2) is 14.9 Å². The zero-order chi connectivity index (χ0) is 17.3. The molecule has 0 saturated carbocycles. The molecule has 0 aromatic heterocycles. The third-order valence-electron chi connectivity index (χ3n) is 2.91. The molecule has 23 heavy (non-hydrogen) atoms. The maximum absolute atomic E-state index is 11.7. The van der Waals surface area contributed by atoms with Crippen LogP contribution in [0.3, 0.4) is 0 Å².